The zero-order valence-electron chi connectivity index (χ0n) is 10.4. The van der Waals surface area contributed by atoms with Crippen LogP contribution in [0, 0.1) is 0 Å². The molecule has 2 heterocycles. The maximum atomic E-state index is 6.02. The molecular weight excluding hydrogens is 280 g/mol. The van der Waals surface area contributed by atoms with Crippen LogP contribution in [-0.4, -0.2) is 43.1 Å². The lowest BCUT2D eigenvalue weighted by Crippen LogP contribution is -2.45. The summed E-state index contributed by atoms with van der Waals surface area (Å²) in [6.07, 6.45) is 5.97. The first-order valence-corrected chi connectivity index (χ1v) is 6.69. The summed E-state index contributed by atoms with van der Waals surface area (Å²) in [5, 5.41) is 0. The third kappa shape index (κ3) is 2.72. The van der Waals surface area contributed by atoms with Gasteiger partial charge in [0.25, 0.3) is 0 Å². The average molecular weight is 299 g/mol. The summed E-state index contributed by atoms with van der Waals surface area (Å²) in [6.45, 7) is 2.28. The highest BCUT2D eigenvalue weighted by molar-refractivity contribution is 9.10. The van der Waals surface area contributed by atoms with Crippen molar-refractivity contribution >= 4 is 27.3 Å². The number of hydrogen-bond acceptors (Lipinski definition) is 4. The van der Waals surface area contributed by atoms with Crippen LogP contribution in [-0.2, 0) is 0 Å². The van der Waals surface area contributed by atoms with Gasteiger partial charge in [0, 0.05) is 25.8 Å². The number of rotatable bonds is 2. The Hall–Kier alpha value is -0.810. The summed E-state index contributed by atoms with van der Waals surface area (Å²) in [4.78, 5) is 8.72. The van der Waals surface area contributed by atoms with E-state index in [9.17, 15) is 0 Å². The monoisotopic (exact) mass is 298 g/mol. The molecule has 1 saturated heterocycles. The van der Waals surface area contributed by atoms with Crippen molar-refractivity contribution in [2.75, 3.05) is 37.8 Å². The number of nitrogens with zero attached hydrogens (tertiary/aromatic N) is 3. The van der Waals surface area contributed by atoms with Crippen LogP contribution in [0.2, 0.25) is 0 Å². The first-order chi connectivity index (χ1) is 8.09. The van der Waals surface area contributed by atoms with E-state index in [1.807, 2.05) is 0 Å². The third-order valence-corrected chi connectivity index (χ3v) is 3.98. The van der Waals surface area contributed by atoms with Gasteiger partial charge < -0.3 is 15.5 Å². The molecule has 0 radical (unpaired) electrons. The quantitative estimate of drug-likeness (QED) is 0.907. The second kappa shape index (κ2) is 5.23. The summed E-state index contributed by atoms with van der Waals surface area (Å²) in [5.74, 6) is 0. The van der Waals surface area contributed by atoms with Gasteiger partial charge in [-0.2, -0.15) is 0 Å². The molecule has 1 aromatic rings. The van der Waals surface area contributed by atoms with E-state index < -0.39 is 0 Å². The number of nitrogens with two attached hydrogens (primary N) is 1. The summed E-state index contributed by atoms with van der Waals surface area (Å²) in [7, 11) is 4.28. The van der Waals surface area contributed by atoms with E-state index in [1.54, 1.807) is 12.4 Å². The van der Waals surface area contributed by atoms with Crippen LogP contribution in [0.4, 0.5) is 11.4 Å². The molecule has 1 unspecified atom stereocenters. The van der Waals surface area contributed by atoms with E-state index in [1.165, 1.54) is 19.4 Å². The Morgan fingerprint density at radius 1 is 1.53 bits per heavy atom. The fraction of sp³-hybridized carbons (Fsp3) is 0.583. The molecule has 2 N–H and O–H groups in total. The standard InChI is InChI=1S/C12H19BrN4/c1-16-5-3-4-9(8-16)17(2)12-10(13)6-15-7-11(12)14/h6-7,9H,3-5,8,14H2,1-2H3. The van der Waals surface area contributed by atoms with E-state index in [0.29, 0.717) is 6.04 Å². The zero-order valence-corrected chi connectivity index (χ0v) is 11.9. The lowest BCUT2D eigenvalue weighted by molar-refractivity contribution is 0.248. The molecule has 5 heteroatoms. The molecule has 1 aliphatic heterocycles. The minimum absolute atomic E-state index is 0.523. The Balaban J connectivity index is 2.21. The SMILES string of the molecule is CN1CCCC(N(C)c2c(N)cncc2Br)C1. The van der Waals surface area contributed by atoms with Crippen LogP contribution >= 0.6 is 15.9 Å². The van der Waals surface area contributed by atoms with Gasteiger partial charge >= 0.3 is 0 Å². The zero-order chi connectivity index (χ0) is 12.4. The Kier molecular flexibility index (Phi) is 3.89. The van der Waals surface area contributed by atoms with E-state index in [-0.39, 0.29) is 0 Å². The number of nitrogen functional groups attached to an aromatic ring is 1. The lowest BCUT2D eigenvalue weighted by atomic mass is 10.0. The average Bonchev–Trinajstić information content (AvgIpc) is 2.28. The molecule has 0 spiro atoms. The first-order valence-electron chi connectivity index (χ1n) is 5.90. The molecule has 2 rings (SSSR count). The molecule has 1 aromatic heterocycles. The first kappa shape index (κ1) is 12.6. The molecule has 0 aromatic carbocycles. The predicted octanol–water partition coefficient (Wildman–Crippen LogP) is 1.96. The number of likely N-dealkylation sites (tertiary alicyclic amines) is 1. The van der Waals surface area contributed by atoms with Crippen LogP contribution in [0.5, 0.6) is 0 Å². The topological polar surface area (TPSA) is 45.4 Å². The summed E-state index contributed by atoms with van der Waals surface area (Å²) >= 11 is 3.53. The van der Waals surface area contributed by atoms with Crippen molar-refractivity contribution < 1.29 is 0 Å². The number of piperidine rings is 1. The molecule has 0 saturated carbocycles. The highest BCUT2D eigenvalue weighted by Gasteiger charge is 2.23. The van der Waals surface area contributed by atoms with Gasteiger partial charge in [0.15, 0.2) is 0 Å². The predicted molar refractivity (Wildman–Crippen MR) is 75.3 cm³/mol. The minimum Gasteiger partial charge on any atom is -0.396 e. The van der Waals surface area contributed by atoms with Crippen LogP contribution in [0.3, 0.4) is 0 Å². The molecule has 1 aliphatic rings. The Bertz CT molecular complexity index is 376. The molecule has 1 atom stereocenters. The van der Waals surface area contributed by atoms with Crippen molar-refractivity contribution in [3.05, 3.63) is 16.9 Å². The van der Waals surface area contributed by atoms with Crippen LogP contribution in [0.15, 0.2) is 16.9 Å². The number of anilines is 2. The van der Waals surface area contributed by atoms with Crippen molar-refractivity contribution in [1.82, 2.24) is 9.88 Å². The van der Waals surface area contributed by atoms with Gasteiger partial charge in [0.2, 0.25) is 0 Å². The normalized spacial score (nSPS) is 21.5. The molecular formula is C12H19BrN4. The number of halogens is 1. The molecule has 17 heavy (non-hydrogen) atoms. The van der Waals surface area contributed by atoms with Crippen LogP contribution < -0.4 is 10.6 Å². The highest BCUT2D eigenvalue weighted by Crippen LogP contribution is 2.32. The Morgan fingerprint density at radius 2 is 2.29 bits per heavy atom. The van der Waals surface area contributed by atoms with Crippen molar-refractivity contribution in [3.63, 3.8) is 0 Å². The number of likely N-dealkylation sites (N-methyl/N-ethyl adjacent to an activating group) is 2. The summed E-state index contributed by atoms with van der Waals surface area (Å²) in [6, 6.07) is 0.523. The van der Waals surface area contributed by atoms with Crippen molar-refractivity contribution in [2.45, 2.75) is 18.9 Å². The van der Waals surface area contributed by atoms with E-state index in [4.69, 9.17) is 5.73 Å². The molecule has 4 nitrogen and oxygen atoms in total. The number of pyridine rings is 1. The number of hydrogen-bond donors (Lipinski definition) is 1. The third-order valence-electron chi connectivity index (χ3n) is 3.40. The Labute approximate surface area is 111 Å². The summed E-state index contributed by atoms with van der Waals surface area (Å²) < 4.78 is 0.966. The lowest BCUT2D eigenvalue weighted by Gasteiger charge is -2.37. The number of aromatic nitrogens is 1. The molecule has 0 bridgehead atoms. The van der Waals surface area contributed by atoms with Gasteiger partial charge in [-0.25, -0.2) is 0 Å². The fourth-order valence-electron chi connectivity index (χ4n) is 2.45. The van der Waals surface area contributed by atoms with E-state index in [2.05, 4.69) is 44.8 Å². The minimum atomic E-state index is 0.523. The highest BCUT2D eigenvalue weighted by atomic mass is 79.9. The maximum absolute atomic E-state index is 6.02. The van der Waals surface area contributed by atoms with Gasteiger partial charge in [-0.05, 0) is 42.4 Å². The smallest absolute Gasteiger partial charge is 0.0776 e. The van der Waals surface area contributed by atoms with Gasteiger partial charge in [0.05, 0.1) is 22.0 Å². The molecule has 0 aliphatic carbocycles. The van der Waals surface area contributed by atoms with Gasteiger partial charge in [-0.1, -0.05) is 0 Å². The van der Waals surface area contributed by atoms with Crippen molar-refractivity contribution in [3.8, 4) is 0 Å². The summed E-state index contributed by atoms with van der Waals surface area (Å²) in [5.41, 5.74) is 7.80. The van der Waals surface area contributed by atoms with Gasteiger partial charge in [-0.3, -0.25) is 4.98 Å². The van der Waals surface area contributed by atoms with Gasteiger partial charge in [-0.15, -0.1) is 0 Å². The van der Waals surface area contributed by atoms with Crippen LogP contribution in [0.25, 0.3) is 0 Å². The van der Waals surface area contributed by atoms with Crippen molar-refractivity contribution in [2.24, 2.45) is 0 Å². The second-order valence-corrected chi connectivity index (χ2v) is 5.58. The van der Waals surface area contributed by atoms with Crippen LogP contribution in [0.1, 0.15) is 12.8 Å². The molecule has 94 valence electrons. The largest absolute Gasteiger partial charge is 0.396 e. The fourth-order valence-corrected chi connectivity index (χ4v) is 3.08. The second-order valence-electron chi connectivity index (χ2n) is 4.73. The molecule has 1 fully saturated rings. The Morgan fingerprint density at radius 3 is 2.94 bits per heavy atom. The van der Waals surface area contributed by atoms with Crippen molar-refractivity contribution in [1.29, 1.82) is 0 Å². The molecule has 0 amide bonds. The van der Waals surface area contributed by atoms with E-state index >= 15 is 0 Å². The maximum Gasteiger partial charge on any atom is 0.0776 e. The van der Waals surface area contributed by atoms with Gasteiger partial charge in [0.1, 0.15) is 0 Å². The van der Waals surface area contributed by atoms with E-state index in [0.717, 1.165) is 22.4 Å².